The number of carboxylic acids is 2. The number of hydrogen-bond acceptors (Lipinski definition) is 5. The Morgan fingerprint density at radius 3 is 2.04 bits per heavy atom. The third-order valence-electron chi connectivity index (χ3n) is 3.09. The van der Waals surface area contributed by atoms with Crippen molar-refractivity contribution in [1.82, 2.24) is 0 Å². The first-order chi connectivity index (χ1) is 10.8. The lowest BCUT2D eigenvalue weighted by molar-refractivity contribution is -0.385. The lowest BCUT2D eigenvalue weighted by atomic mass is 9.97. The van der Waals surface area contributed by atoms with E-state index in [2.05, 4.69) is 0 Å². The number of carbonyl (C=O) groups is 3. The zero-order chi connectivity index (χ0) is 17.1. The van der Waals surface area contributed by atoms with Gasteiger partial charge in [0.1, 0.15) is 5.56 Å². The van der Waals surface area contributed by atoms with Gasteiger partial charge in [-0.3, -0.25) is 14.9 Å². The third-order valence-corrected chi connectivity index (χ3v) is 3.09. The number of carbonyl (C=O) groups excluding carboxylic acids is 1. The number of ketones is 1. The summed E-state index contributed by atoms with van der Waals surface area (Å²) in [6.45, 7) is 0. The monoisotopic (exact) mass is 315 g/mol. The molecule has 0 radical (unpaired) electrons. The average molecular weight is 315 g/mol. The zero-order valence-corrected chi connectivity index (χ0v) is 11.4. The summed E-state index contributed by atoms with van der Waals surface area (Å²) in [5.74, 6) is -3.73. The highest BCUT2D eigenvalue weighted by Gasteiger charge is 2.23. The fourth-order valence-electron chi connectivity index (χ4n) is 2.03. The van der Waals surface area contributed by atoms with Crippen LogP contribution in [0.1, 0.15) is 36.6 Å². The van der Waals surface area contributed by atoms with Crippen molar-refractivity contribution < 1.29 is 29.5 Å². The second kappa shape index (κ2) is 6.06. The highest BCUT2D eigenvalue weighted by molar-refractivity contribution is 6.13. The van der Waals surface area contributed by atoms with Gasteiger partial charge >= 0.3 is 11.9 Å². The van der Waals surface area contributed by atoms with E-state index in [1.54, 1.807) is 0 Å². The molecule has 116 valence electrons. The second-order valence-corrected chi connectivity index (χ2v) is 4.47. The molecule has 0 atom stereocenters. The van der Waals surface area contributed by atoms with Crippen LogP contribution in [0.15, 0.2) is 42.5 Å². The average Bonchev–Trinajstić information content (AvgIpc) is 2.53. The lowest BCUT2D eigenvalue weighted by Crippen LogP contribution is -2.11. The van der Waals surface area contributed by atoms with E-state index in [-0.39, 0.29) is 11.1 Å². The van der Waals surface area contributed by atoms with Gasteiger partial charge < -0.3 is 10.2 Å². The number of aromatic carboxylic acids is 2. The predicted octanol–water partition coefficient (Wildman–Crippen LogP) is 2.22. The number of para-hydroxylation sites is 1. The van der Waals surface area contributed by atoms with Gasteiger partial charge in [-0.05, 0) is 18.2 Å². The summed E-state index contributed by atoms with van der Waals surface area (Å²) >= 11 is 0. The van der Waals surface area contributed by atoms with Gasteiger partial charge in [-0.25, -0.2) is 9.59 Å². The smallest absolute Gasteiger partial charge is 0.336 e. The van der Waals surface area contributed by atoms with Gasteiger partial charge in [0, 0.05) is 11.6 Å². The molecule has 8 heteroatoms. The van der Waals surface area contributed by atoms with E-state index >= 15 is 0 Å². The van der Waals surface area contributed by atoms with E-state index in [1.807, 2.05) is 0 Å². The number of nitro groups is 1. The molecule has 2 N–H and O–H groups in total. The fourth-order valence-corrected chi connectivity index (χ4v) is 2.03. The van der Waals surface area contributed by atoms with E-state index in [0.717, 1.165) is 24.3 Å². The van der Waals surface area contributed by atoms with Crippen LogP contribution in [0.3, 0.4) is 0 Å². The fraction of sp³-hybridized carbons (Fsp3) is 0. The van der Waals surface area contributed by atoms with Crippen LogP contribution in [0.2, 0.25) is 0 Å². The van der Waals surface area contributed by atoms with Gasteiger partial charge in [-0.2, -0.15) is 0 Å². The molecule has 0 unspecified atom stereocenters. The molecular weight excluding hydrogens is 306 g/mol. The first-order valence-corrected chi connectivity index (χ1v) is 6.21. The largest absolute Gasteiger partial charge is 0.478 e. The summed E-state index contributed by atoms with van der Waals surface area (Å²) in [5, 5.41) is 28.9. The number of benzene rings is 2. The zero-order valence-electron chi connectivity index (χ0n) is 11.4. The predicted molar refractivity (Wildman–Crippen MR) is 76.9 cm³/mol. The Balaban J connectivity index is 2.57. The Morgan fingerprint density at radius 1 is 0.870 bits per heavy atom. The number of carboxylic acid groups (broad SMARTS) is 2. The van der Waals surface area contributed by atoms with Gasteiger partial charge in [0.15, 0.2) is 5.78 Å². The topological polar surface area (TPSA) is 135 Å². The standard InChI is InChI=1S/C15H9NO7/c17-13(10-3-1-2-4-12(10)16(22)23)8-5-6-9(14(18)19)11(7-8)15(20)21/h1-7H,(H,18,19)(H,20,21). The molecule has 0 aliphatic carbocycles. The van der Waals surface area contributed by atoms with Gasteiger partial charge in [-0.1, -0.05) is 18.2 Å². The van der Waals surface area contributed by atoms with Crippen molar-refractivity contribution in [2.24, 2.45) is 0 Å². The van der Waals surface area contributed by atoms with Gasteiger partial charge in [-0.15, -0.1) is 0 Å². The van der Waals surface area contributed by atoms with Crippen LogP contribution in [0.4, 0.5) is 5.69 Å². The lowest BCUT2D eigenvalue weighted by Gasteiger charge is -2.06. The molecule has 0 saturated heterocycles. The van der Waals surface area contributed by atoms with Crippen molar-refractivity contribution in [1.29, 1.82) is 0 Å². The summed E-state index contributed by atoms with van der Waals surface area (Å²) in [7, 11) is 0. The highest BCUT2D eigenvalue weighted by Crippen LogP contribution is 2.22. The molecule has 23 heavy (non-hydrogen) atoms. The molecule has 0 bridgehead atoms. The van der Waals surface area contributed by atoms with Gasteiger partial charge in [0.25, 0.3) is 5.69 Å². The third kappa shape index (κ3) is 3.05. The molecule has 2 aromatic rings. The molecule has 0 aliphatic heterocycles. The minimum Gasteiger partial charge on any atom is -0.478 e. The van der Waals surface area contributed by atoms with E-state index in [9.17, 15) is 24.5 Å². The van der Waals surface area contributed by atoms with Crippen LogP contribution < -0.4 is 0 Å². The van der Waals surface area contributed by atoms with Crippen molar-refractivity contribution in [3.8, 4) is 0 Å². The van der Waals surface area contributed by atoms with Crippen molar-refractivity contribution in [2.75, 3.05) is 0 Å². The van der Waals surface area contributed by atoms with E-state index in [0.29, 0.717) is 0 Å². The summed E-state index contributed by atoms with van der Waals surface area (Å²) in [4.78, 5) is 44.7. The maximum absolute atomic E-state index is 12.4. The summed E-state index contributed by atoms with van der Waals surface area (Å²) in [6, 6.07) is 8.21. The van der Waals surface area contributed by atoms with Crippen LogP contribution in [0.25, 0.3) is 0 Å². The van der Waals surface area contributed by atoms with Gasteiger partial charge in [0.2, 0.25) is 0 Å². The number of rotatable bonds is 5. The van der Waals surface area contributed by atoms with Crippen LogP contribution >= 0.6 is 0 Å². The summed E-state index contributed by atoms with van der Waals surface area (Å²) in [5.41, 5.74) is -1.83. The molecular formula is C15H9NO7. The molecule has 0 saturated carbocycles. The van der Waals surface area contributed by atoms with Crippen LogP contribution in [0, 0.1) is 10.1 Å². The van der Waals surface area contributed by atoms with Gasteiger partial charge in [0.05, 0.1) is 16.1 Å². The number of nitro benzene ring substituents is 1. The van der Waals surface area contributed by atoms with Crippen LogP contribution in [0.5, 0.6) is 0 Å². The Labute approximate surface area is 128 Å². The summed E-state index contributed by atoms with van der Waals surface area (Å²) < 4.78 is 0. The van der Waals surface area contributed by atoms with Crippen molar-refractivity contribution in [2.45, 2.75) is 0 Å². The van der Waals surface area contributed by atoms with Crippen LogP contribution in [-0.2, 0) is 0 Å². The molecule has 0 aliphatic rings. The Hall–Kier alpha value is -3.55. The SMILES string of the molecule is O=C(O)c1ccc(C(=O)c2ccccc2[N+](=O)[O-])cc1C(=O)O. The highest BCUT2D eigenvalue weighted by atomic mass is 16.6. The first kappa shape index (κ1) is 15.8. The number of hydrogen-bond donors (Lipinski definition) is 2. The van der Waals surface area contributed by atoms with Crippen LogP contribution in [-0.4, -0.2) is 32.9 Å². The number of nitrogens with zero attached hydrogens (tertiary/aromatic N) is 1. The molecule has 8 nitrogen and oxygen atoms in total. The molecule has 0 heterocycles. The Kier molecular flexibility index (Phi) is 4.17. The van der Waals surface area contributed by atoms with E-state index < -0.39 is 39.5 Å². The molecule has 2 rings (SSSR count). The molecule has 0 amide bonds. The maximum Gasteiger partial charge on any atom is 0.336 e. The molecule has 2 aromatic carbocycles. The minimum atomic E-state index is -1.51. The molecule has 0 aromatic heterocycles. The Morgan fingerprint density at radius 2 is 1.48 bits per heavy atom. The van der Waals surface area contributed by atoms with E-state index in [4.69, 9.17) is 10.2 Å². The van der Waals surface area contributed by atoms with E-state index in [1.165, 1.54) is 18.2 Å². The minimum absolute atomic E-state index is 0.151. The first-order valence-electron chi connectivity index (χ1n) is 6.21. The van der Waals surface area contributed by atoms with Crippen molar-refractivity contribution in [3.05, 3.63) is 74.8 Å². The molecule has 0 spiro atoms. The second-order valence-electron chi connectivity index (χ2n) is 4.47. The maximum atomic E-state index is 12.4. The molecule has 0 fully saturated rings. The quantitative estimate of drug-likeness (QED) is 0.490. The van der Waals surface area contributed by atoms with Crippen molar-refractivity contribution >= 4 is 23.4 Å². The van der Waals surface area contributed by atoms with Crippen molar-refractivity contribution in [3.63, 3.8) is 0 Å². The summed E-state index contributed by atoms with van der Waals surface area (Å²) in [6.07, 6.45) is 0. The normalized spacial score (nSPS) is 10.1. The Bertz CT molecular complexity index is 841.